The molecule has 1 aliphatic rings. The number of anilines is 2. The predicted molar refractivity (Wildman–Crippen MR) is 72.8 cm³/mol. The van der Waals surface area contributed by atoms with Crippen molar-refractivity contribution in [2.75, 3.05) is 10.6 Å². The molecular weight excluding hydrogens is 244 g/mol. The summed E-state index contributed by atoms with van der Waals surface area (Å²) in [5.41, 5.74) is 1.87. The Morgan fingerprint density at radius 1 is 1.21 bits per heavy atom. The molecule has 1 aliphatic heterocycles. The van der Waals surface area contributed by atoms with Crippen molar-refractivity contribution in [3.05, 3.63) is 23.8 Å². The molecule has 1 heterocycles. The maximum absolute atomic E-state index is 11.5. The molecule has 2 rings (SSSR count). The Hall–Kier alpha value is -1.88. The smallest absolute Gasteiger partial charge is 0.233 e. The summed E-state index contributed by atoms with van der Waals surface area (Å²) in [4.78, 5) is 22.9. The van der Waals surface area contributed by atoms with E-state index in [4.69, 9.17) is 0 Å². The van der Waals surface area contributed by atoms with Crippen LogP contribution >= 0.6 is 0 Å². The number of aliphatic hydroxyl groups is 1. The second kappa shape index (κ2) is 5.84. The first-order valence-corrected chi connectivity index (χ1v) is 6.52. The largest absolute Gasteiger partial charge is 0.388 e. The summed E-state index contributed by atoms with van der Waals surface area (Å²) in [6.07, 6.45) is 1.94. The molecule has 5 heteroatoms. The normalized spacial score (nSPS) is 16.1. The van der Waals surface area contributed by atoms with E-state index in [-0.39, 0.29) is 18.2 Å². The number of hydrogen-bond acceptors (Lipinski definition) is 3. The van der Waals surface area contributed by atoms with Gasteiger partial charge in [0.2, 0.25) is 11.8 Å². The van der Waals surface area contributed by atoms with Crippen LogP contribution in [-0.2, 0) is 9.59 Å². The van der Waals surface area contributed by atoms with Gasteiger partial charge in [-0.05, 0) is 24.1 Å². The van der Waals surface area contributed by atoms with E-state index in [1.165, 1.54) is 0 Å². The van der Waals surface area contributed by atoms with Crippen molar-refractivity contribution in [3.8, 4) is 0 Å². The summed E-state index contributed by atoms with van der Waals surface area (Å²) < 4.78 is 0. The lowest BCUT2D eigenvalue weighted by molar-refractivity contribution is -0.123. The van der Waals surface area contributed by atoms with E-state index in [0.717, 1.165) is 18.4 Å². The van der Waals surface area contributed by atoms with Crippen molar-refractivity contribution in [2.45, 2.75) is 38.7 Å². The van der Waals surface area contributed by atoms with Crippen molar-refractivity contribution in [3.63, 3.8) is 0 Å². The molecular formula is C14H18N2O3. The van der Waals surface area contributed by atoms with Gasteiger partial charge in [0, 0.05) is 0 Å². The van der Waals surface area contributed by atoms with Crippen LogP contribution in [0.4, 0.5) is 11.4 Å². The molecule has 0 saturated heterocycles. The van der Waals surface area contributed by atoms with Crippen LogP contribution in [0.15, 0.2) is 18.2 Å². The number of carbonyl (C=O) groups is 2. The first kappa shape index (κ1) is 13.5. The van der Waals surface area contributed by atoms with Gasteiger partial charge in [0.15, 0.2) is 0 Å². The maximum atomic E-state index is 11.5. The molecule has 1 aromatic rings. The minimum absolute atomic E-state index is 0.178. The van der Waals surface area contributed by atoms with Crippen LogP contribution in [0, 0.1) is 0 Å². The number of hydrogen-bond donors (Lipinski definition) is 3. The minimum atomic E-state index is -0.541. The van der Waals surface area contributed by atoms with Crippen molar-refractivity contribution in [1.29, 1.82) is 0 Å². The summed E-state index contributed by atoms with van der Waals surface area (Å²) in [5.74, 6) is -0.660. The van der Waals surface area contributed by atoms with Gasteiger partial charge < -0.3 is 15.7 Å². The molecule has 3 N–H and O–H groups in total. The van der Waals surface area contributed by atoms with E-state index < -0.39 is 6.10 Å². The number of amides is 2. The van der Waals surface area contributed by atoms with Crippen LogP contribution in [0.3, 0.4) is 0 Å². The van der Waals surface area contributed by atoms with Crippen LogP contribution in [0.1, 0.15) is 44.3 Å². The zero-order valence-electron chi connectivity index (χ0n) is 10.9. The Bertz CT molecular complexity index is 499. The number of rotatable bonds is 4. The van der Waals surface area contributed by atoms with Crippen LogP contribution in [0.5, 0.6) is 0 Å². The van der Waals surface area contributed by atoms with Gasteiger partial charge in [-0.15, -0.1) is 0 Å². The highest BCUT2D eigenvalue weighted by atomic mass is 16.3. The summed E-state index contributed by atoms with van der Waals surface area (Å²) >= 11 is 0. The molecule has 2 amide bonds. The van der Waals surface area contributed by atoms with Crippen LogP contribution in [0.25, 0.3) is 0 Å². The van der Waals surface area contributed by atoms with Gasteiger partial charge >= 0.3 is 0 Å². The Morgan fingerprint density at radius 3 is 2.58 bits per heavy atom. The zero-order chi connectivity index (χ0) is 13.8. The standard InChI is InChI=1S/C14H18N2O3/c1-2-3-4-12(17)9-5-6-10-11(7-9)16-14(19)8-13(18)15-10/h5-7,12,17H,2-4,8H2,1H3,(H,15,18)(H,16,19). The highest BCUT2D eigenvalue weighted by molar-refractivity contribution is 6.13. The molecule has 5 nitrogen and oxygen atoms in total. The average molecular weight is 262 g/mol. The van der Waals surface area contributed by atoms with Crippen molar-refractivity contribution in [1.82, 2.24) is 0 Å². The monoisotopic (exact) mass is 262 g/mol. The molecule has 1 aromatic carbocycles. The van der Waals surface area contributed by atoms with Crippen molar-refractivity contribution < 1.29 is 14.7 Å². The van der Waals surface area contributed by atoms with E-state index in [0.29, 0.717) is 17.8 Å². The third-order valence-electron chi connectivity index (χ3n) is 3.13. The fraction of sp³-hybridized carbons (Fsp3) is 0.429. The fourth-order valence-corrected chi connectivity index (χ4v) is 2.08. The number of carbonyl (C=O) groups excluding carboxylic acids is 2. The van der Waals surface area contributed by atoms with E-state index >= 15 is 0 Å². The lowest BCUT2D eigenvalue weighted by Crippen LogP contribution is -2.16. The first-order chi connectivity index (χ1) is 9.10. The third kappa shape index (κ3) is 3.32. The van der Waals surface area contributed by atoms with Gasteiger partial charge in [-0.1, -0.05) is 25.8 Å². The first-order valence-electron chi connectivity index (χ1n) is 6.52. The number of nitrogens with one attached hydrogen (secondary N) is 2. The lowest BCUT2D eigenvalue weighted by atomic mass is 10.0. The molecule has 0 spiro atoms. The number of fused-ring (bicyclic) bond motifs is 1. The van der Waals surface area contributed by atoms with E-state index in [1.54, 1.807) is 18.2 Å². The summed E-state index contributed by atoms with van der Waals surface area (Å²) in [6.45, 7) is 2.07. The highest BCUT2D eigenvalue weighted by Crippen LogP contribution is 2.29. The van der Waals surface area contributed by atoms with Gasteiger partial charge in [-0.2, -0.15) is 0 Å². The topological polar surface area (TPSA) is 78.4 Å². The van der Waals surface area contributed by atoms with Gasteiger partial charge in [-0.25, -0.2) is 0 Å². The highest BCUT2D eigenvalue weighted by Gasteiger charge is 2.19. The van der Waals surface area contributed by atoms with E-state index in [1.807, 2.05) is 0 Å². The average Bonchev–Trinajstić information content (AvgIpc) is 2.51. The van der Waals surface area contributed by atoms with Crippen LogP contribution < -0.4 is 10.6 Å². The summed E-state index contributed by atoms with van der Waals surface area (Å²) in [6, 6.07) is 5.21. The molecule has 0 aliphatic carbocycles. The zero-order valence-corrected chi connectivity index (χ0v) is 10.9. The van der Waals surface area contributed by atoms with Gasteiger partial charge in [0.1, 0.15) is 6.42 Å². The second-order valence-corrected chi connectivity index (χ2v) is 4.74. The number of benzene rings is 1. The Balaban J connectivity index is 2.22. The van der Waals surface area contributed by atoms with Crippen molar-refractivity contribution >= 4 is 23.2 Å². The van der Waals surface area contributed by atoms with E-state index in [9.17, 15) is 14.7 Å². The predicted octanol–water partition coefficient (Wildman–Crippen LogP) is 2.19. The minimum Gasteiger partial charge on any atom is -0.388 e. The molecule has 0 bridgehead atoms. The molecule has 0 saturated carbocycles. The second-order valence-electron chi connectivity index (χ2n) is 4.74. The van der Waals surface area contributed by atoms with Gasteiger partial charge in [-0.3, -0.25) is 9.59 Å². The molecule has 0 radical (unpaired) electrons. The van der Waals surface area contributed by atoms with Gasteiger partial charge in [0.05, 0.1) is 17.5 Å². The van der Waals surface area contributed by atoms with Crippen molar-refractivity contribution in [2.24, 2.45) is 0 Å². The Kier molecular flexibility index (Phi) is 4.16. The number of aliphatic hydroxyl groups excluding tert-OH is 1. The molecule has 102 valence electrons. The summed E-state index contributed by atoms with van der Waals surface area (Å²) in [7, 11) is 0. The van der Waals surface area contributed by atoms with Crippen LogP contribution in [-0.4, -0.2) is 16.9 Å². The summed E-state index contributed by atoms with van der Waals surface area (Å²) in [5, 5.41) is 15.4. The Labute approximate surface area is 112 Å². The number of unbranched alkanes of at least 4 members (excludes halogenated alkanes) is 1. The molecule has 1 atom stereocenters. The lowest BCUT2D eigenvalue weighted by Gasteiger charge is -2.14. The Morgan fingerprint density at radius 2 is 1.89 bits per heavy atom. The maximum Gasteiger partial charge on any atom is 0.233 e. The fourth-order valence-electron chi connectivity index (χ4n) is 2.08. The van der Waals surface area contributed by atoms with E-state index in [2.05, 4.69) is 17.6 Å². The van der Waals surface area contributed by atoms with Gasteiger partial charge in [0.25, 0.3) is 0 Å². The molecule has 0 aromatic heterocycles. The third-order valence-corrected chi connectivity index (χ3v) is 3.13. The van der Waals surface area contributed by atoms with Crippen LogP contribution in [0.2, 0.25) is 0 Å². The molecule has 19 heavy (non-hydrogen) atoms. The SMILES string of the molecule is CCCCC(O)c1ccc2c(c1)NC(=O)CC(=O)N2. The molecule has 1 unspecified atom stereocenters. The molecule has 0 fully saturated rings. The quantitative estimate of drug-likeness (QED) is 0.728.